The quantitative estimate of drug-likeness (QED) is 0.657. The van der Waals surface area contributed by atoms with Crippen molar-refractivity contribution in [3.63, 3.8) is 0 Å². The molecule has 0 spiro atoms. The average Bonchev–Trinajstić information content (AvgIpc) is 2.11. The van der Waals surface area contributed by atoms with Gasteiger partial charge in [0, 0.05) is 31.7 Å². The number of nitrogens with zero attached hydrogens (tertiary/aromatic N) is 2. The predicted molar refractivity (Wildman–Crippen MR) is 67.2 cm³/mol. The molecular weight excluding hydrogens is 184 g/mol. The molecular formula is C13H26N2. The molecule has 0 aromatic carbocycles. The Kier molecular flexibility index (Phi) is 4.81. The van der Waals surface area contributed by atoms with E-state index in [2.05, 4.69) is 44.2 Å². The fraction of sp³-hybridized carbons (Fsp3) is 0.846. The van der Waals surface area contributed by atoms with Crippen molar-refractivity contribution in [2.75, 3.05) is 26.7 Å². The summed E-state index contributed by atoms with van der Waals surface area (Å²) >= 11 is 0. The van der Waals surface area contributed by atoms with Crippen LogP contribution in [-0.2, 0) is 0 Å². The Morgan fingerprint density at radius 1 is 1.27 bits per heavy atom. The van der Waals surface area contributed by atoms with Crippen LogP contribution in [0.3, 0.4) is 0 Å². The van der Waals surface area contributed by atoms with E-state index in [9.17, 15) is 0 Å². The molecule has 0 N–H and O–H groups in total. The second-order valence-electron chi connectivity index (χ2n) is 5.09. The van der Waals surface area contributed by atoms with Crippen molar-refractivity contribution in [3.05, 3.63) is 12.2 Å². The molecule has 2 heteroatoms. The lowest BCUT2D eigenvalue weighted by Crippen LogP contribution is -2.55. The van der Waals surface area contributed by atoms with Crippen LogP contribution in [0.15, 0.2) is 12.2 Å². The Bertz CT molecular complexity index is 201. The van der Waals surface area contributed by atoms with Gasteiger partial charge < -0.3 is 4.90 Å². The highest BCUT2D eigenvalue weighted by molar-refractivity contribution is 5.00. The Balaban J connectivity index is 2.48. The third-order valence-electron chi connectivity index (χ3n) is 3.29. The molecule has 0 aromatic rings. The third-order valence-corrected chi connectivity index (χ3v) is 3.29. The van der Waals surface area contributed by atoms with Crippen molar-refractivity contribution >= 4 is 0 Å². The highest BCUT2D eigenvalue weighted by atomic mass is 15.3. The van der Waals surface area contributed by atoms with E-state index in [4.69, 9.17) is 0 Å². The summed E-state index contributed by atoms with van der Waals surface area (Å²) in [4.78, 5) is 5.02. The molecule has 0 aromatic heterocycles. The Labute approximate surface area is 94.9 Å². The lowest BCUT2D eigenvalue weighted by Gasteiger charge is -2.43. The van der Waals surface area contributed by atoms with Gasteiger partial charge in [-0.15, -0.1) is 0 Å². The normalized spacial score (nSPS) is 29.3. The number of hydrogen-bond acceptors (Lipinski definition) is 2. The fourth-order valence-corrected chi connectivity index (χ4v) is 2.62. The average molecular weight is 210 g/mol. The van der Waals surface area contributed by atoms with Crippen molar-refractivity contribution in [2.45, 2.75) is 45.7 Å². The van der Waals surface area contributed by atoms with Gasteiger partial charge in [-0.1, -0.05) is 25.5 Å². The molecule has 0 saturated carbocycles. The van der Waals surface area contributed by atoms with Crippen LogP contribution >= 0.6 is 0 Å². The van der Waals surface area contributed by atoms with E-state index in [1.165, 1.54) is 31.5 Å². The Morgan fingerprint density at radius 3 is 2.27 bits per heavy atom. The Morgan fingerprint density at radius 2 is 1.80 bits per heavy atom. The van der Waals surface area contributed by atoms with Gasteiger partial charge in [0.15, 0.2) is 0 Å². The Hall–Kier alpha value is -0.340. The summed E-state index contributed by atoms with van der Waals surface area (Å²) < 4.78 is 0. The predicted octanol–water partition coefficient (Wildman–Crippen LogP) is 2.37. The van der Waals surface area contributed by atoms with Crippen molar-refractivity contribution in [1.82, 2.24) is 9.80 Å². The van der Waals surface area contributed by atoms with Crippen LogP contribution in [-0.4, -0.2) is 48.6 Å². The van der Waals surface area contributed by atoms with Crippen molar-refractivity contribution in [1.29, 1.82) is 0 Å². The molecule has 0 amide bonds. The van der Waals surface area contributed by atoms with E-state index < -0.39 is 0 Å². The highest BCUT2D eigenvalue weighted by Gasteiger charge is 2.27. The van der Waals surface area contributed by atoms with Crippen LogP contribution in [0.1, 0.15) is 33.6 Å². The molecule has 0 aliphatic carbocycles. The molecule has 0 radical (unpaired) electrons. The molecule has 2 nitrogen and oxygen atoms in total. The van der Waals surface area contributed by atoms with Crippen molar-refractivity contribution in [2.24, 2.45) is 0 Å². The SMILES string of the molecule is C=C(CCC)CN1C(C)CN(C)CC1C. The first-order valence-electron chi connectivity index (χ1n) is 6.15. The maximum absolute atomic E-state index is 4.17. The highest BCUT2D eigenvalue weighted by Crippen LogP contribution is 2.17. The van der Waals surface area contributed by atoms with Gasteiger partial charge in [-0.3, -0.25) is 4.90 Å². The topological polar surface area (TPSA) is 6.48 Å². The molecule has 2 unspecified atom stereocenters. The lowest BCUT2D eigenvalue weighted by atomic mass is 10.1. The van der Waals surface area contributed by atoms with Gasteiger partial charge in [0.05, 0.1) is 0 Å². The monoisotopic (exact) mass is 210 g/mol. The van der Waals surface area contributed by atoms with Crippen LogP contribution in [0.25, 0.3) is 0 Å². The van der Waals surface area contributed by atoms with Crippen LogP contribution < -0.4 is 0 Å². The van der Waals surface area contributed by atoms with Gasteiger partial charge >= 0.3 is 0 Å². The summed E-state index contributed by atoms with van der Waals surface area (Å²) in [6.45, 7) is 14.5. The van der Waals surface area contributed by atoms with Crippen molar-refractivity contribution < 1.29 is 0 Å². The van der Waals surface area contributed by atoms with E-state index in [-0.39, 0.29) is 0 Å². The summed E-state index contributed by atoms with van der Waals surface area (Å²) in [7, 11) is 2.21. The smallest absolute Gasteiger partial charge is 0.0201 e. The van der Waals surface area contributed by atoms with Crippen LogP contribution in [0.4, 0.5) is 0 Å². The van der Waals surface area contributed by atoms with Crippen LogP contribution in [0.5, 0.6) is 0 Å². The third kappa shape index (κ3) is 3.62. The fourth-order valence-electron chi connectivity index (χ4n) is 2.62. The molecule has 1 aliphatic rings. The number of hydrogen-bond donors (Lipinski definition) is 0. The standard InChI is InChI=1S/C13H26N2/c1-6-7-11(2)8-15-12(3)9-14(5)10-13(15)4/h12-13H,2,6-10H2,1,3-5H3. The maximum Gasteiger partial charge on any atom is 0.0201 e. The molecule has 15 heavy (non-hydrogen) atoms. The van der Waals surface area contributed by atoms with Gasteiger partial charge in [-0.25, -0.2) is 0 Å². The molecule has 88 valence electrons. The first kappa shape index (κ1) is 12.7. The molecule has 1 saturated heterocycles. The maximum atomic E-state index is 4.17. The van der Waals surface area contributed by atoms with Crippen LogP contribution in [0, 0.1) is 0 Å². The zero-order valence-electron chi connectivity index (χ0n) is 10.8. The molecule has 1 aliphatic heterocycles. The summed E-state index contributed by atoms with van der Waals surface area (Å²) in [5.41, 5.74) is 1.39. The minimum absolute atomic E-state index is 0.660. The lowest BCUT2D eigenvalue weighted by molar-refractivity contribution is 0.0600. The molecule has 2 atom stereocenters. The molecule has 1 fully saturated rings. The summed E-state index contributed by atoms with van der Waals surface area (Å²) in [6.07, 6.45) is 2.39. The molecule has 1 heterocycles. The number of rotatable bonds is 4. The van der Waals surface area contributed by atoms with E-state index in [1.54, 1.807) is 0 Å². The largest absolute Gasteiger partial charge is 0.303 e. The minimum Gasteiger partial charge on any atom is -0.303 e. The zero-order chi connectivity index (χ0) is 11.4. The van der Waals surface area contributed by atoms with Gasteiger partial charge in [0.1, 0.15) is 0 Å². The van der Waals surface area contributed by atoms with E-state index >= 15 is 0 Å². The second kappa shape index (κ2) is 5.66. The van der Waals surface area contributed by atoms with Crippen molar-refractivity contribution in [3.8, 4) is 0 Å². The molecule has 1 rings (SSSR count). The van der Waals surface area contributed by atoms with E-state index in [0.29, 0.717) is 12.1 Å². The second-order valence-corrected chi connectivity index (χ2v) is 5.09. The minimum atomic E-state index is 0.660. The van der Waals surface area contributed by atoms with Gasteiger partial charge in [0.25, 0.3) is 0 Å². The zero-order valence-corrected chi connectivity index (χ0v) is 10.8. The summed E-state index contributed by atoms with van der Waals surface area (Å²) in [5.74, 6) is 0. The van der Waals surface area contributed by atoms with Crippen LogP contribution in [0.2, 0.25) is 0 Å². The summed E-state index contributed by atoms with van der Waals surface area (Å²) in [5, 5.41) is 0. The first-order chi connectivity index (χ1) is 7.04. The number of piperazine rings is 1. The number of likely N-dealkylation sites (N-methyl/N-ethyl adjacent to an activating group) is 1. The molecule has 0 bridgehead atoms. The van der Waals surface area contributed by atoms with Gasteiger partial charge in [0.2, 0.25) is 0 Å². The van der Waals surface area contributed by atoms with E-state index in [1.807, 2.05) is 0 Å². The summed E-state index contributed by atoms with van der Waals surface area (Å²) in [6, 6.07) is 1.32. The van der Waals surface area contributed by atoms with Gasteiger partial charge in [-0.05, 0) is 27.3 Å². The first-order valence-corrected chi connectivity index (χ1v) is 6.15. The van der Waals surface area contributed by atoms with Gasteiger partial charge in [-0.2, -0.15) is 0 Å². The van der Waals surface area contributed by atoms with E-state index in [0.717, 1.165) is 6.54 Å².